The van der Waals surface area contributed by atoms with E-state index in [4.69, 9.17) is 14.2 Å². The van der Waals surface area contributed by atoms with Crippen molar-refractivity contribution in [3.63, 3.8) is 0 Å². The summed E-state index contributed by atoms with van der Waals surface area (Å²) in [6, 6.07) is 5.75. The maximum atomic E-state index is 12.0. The molecular formula is C20H24N2O5S. The molecule has 8 heteroatoms. The predicted octanol–water partition coefficient (Wildman–Crippen LogP) is 2.97. The van der Waals surface area contributed by atoms with Crippen molar-refractivity contribution < 1.29 is 23.8 Å². The minimum absolute atomic E-state index is 0.0283. The molecule has 150 valence electrons. The van der Waals surface area contributed by atoms with Gasteiger partial charge in [0.25, 0.3) is 5.91 Å². The number of thiazole rings is 1. The molecule has 0 radical (unpaired) electrons. The molecule has 1 amide bonds. The molecule has 7 nitrogen and oxygen atoms in total. The number of hydrogen-bond donors (Lipinski definition) is 1. The van der Waals surface area contributed by atoms with E-state index in [-0.39, 0.29) is 25.0 Å². The van der Waals surface area contributed by atoms with Gasteiger partial charge in [-0.3, -0.25) is 9.59 Å². The van der Waals surface area contributed by atoms with Crippen LogP contribution >= 0.6 is 11.3 Å². The largest absolute Gasteiger partial charge is 0.493 e. The van der Waals surface area contributed by atoms with Crippen LogP contribution in [0.3, 0.4) is 0 Å². The van der Waals surface area contributed by atoms with Gasteiger partial charge < -0.3 is 19.5 Å². The van der Waals surface area contributed by atoms with Crippen LogP contribution < -0.4 is 14.8 Å². The van der Waals surface area contributed by atoms with Gasteiger partial charge in [0.2, 0.25) is 0 Å². The van der Waals surface area contributed by atoms with Gasteiger partial charge in [0.1, 0.15) is 5.01 Å². The summed E-state index contributed by atoms with van der Waals surface area (Å²) in [6.07, 6.45) is 4.29. The first-order valence-corrected chi connectivity index (χ1v) is 10.1. The third kappa shape index (κ3) is 5.22. The van der Waals surface area contributed by atoms with E-state index in [0.29, 0.717) is 17.2 Å². The van der Waals surface area contributed by atoms with Crippen LogP contribution in [0.25, 0.3) is 10.6 Å². The zero-order valence-electron chi connectivity index (χ0n) is 16.0. The second-order valence-corrected chi connectivity index (χ2v) is 7.46. The minimum atomic E-state index is -0.467. The molecular weight excluding hydrogens is 380 g/mol. The summed E-state index contributed by atoms with van der Waals surface area (Å²) in [5.74, 6) is 0.544. The fourth-order valence-corrected chi connectivity index (χ4v) is 3.99. The average Bonchev–Trinajstić information content (AvgIpc) is 3.38. The van der Waals surface area contributed by atoms with E-state index in [0.717, 1.165) is 36.3 Å². The van der Waals surface area contributed by atoms with Crippen molar-refractivity contribution >= 4 is 23.2 Å². The van der Waals surface area contributed by atoms with Crippen LogP contribution in [0, 0.1) is 0 Å². The lowest BCUT2D eigenvalue weighted by Gasteiger charge is -2.11. The molecule has 1 N–H and O–H groups in total. The lowest BCUT2D eigenvalue weighted by molar-refractivity contribution is -0.148. The number of carbonyl (C=O) groups excluding carboxylic acids is 2. The fourth-order valence-electron chi connectivity index (χ4n) is 3.17. The molecule has 2 aromatic rings. The second-order valence-electron chi connectivity index (χ2n) is 6.60. The molecule has 1 aromatic heterocycles. The van der Waals surface area contributed by atoms with Crippen molar-refractivity contribution in [2.75, 3.05) is 20.8 Å². The Hall–Kier alpha value is -2.61. The number of esters is 1. The number of rotatable bonds is 8. The zero-order valence-corrected chi connectivity index (χ0v) is 16.8. The van der Waals surface area contributed by atoms with Crippen molar-refractivity contribution in [1.29, 1.82) is 0 Å². The minimum Gasteiger partial charge on any atom is -0.493 e. The summed E-state index contributed by atoms with van der Waals surface area (Å²) >= 11 is 1.43. The van der Waals surface area contributed by atoms with E-state index in [1.54, 1.807) is 14.2 Å². The summed E-state index contributed by atoms with van der Waals surface area (Å²) in [7, 11) is 3.16. The van der Waals surface area contributed by atoms with E-state index < -0.39 is 5.97 Å². The number of benzene rings is 1. The molecule has 0 unspecified atom stereocenters. The summed E-state index contributed by atoms with van der Waals surface area (Å²) in [4.78, 5) is 28.3. The van der Waals surface area contributed by atoms with E-state index in [9.17, 15) is 9.59 Å². The van der Waals surface area contributed by atoms with Crippen LogP contribution in [0.1, 0.15) is 31.4 Å². The normalized spacial score (nSPS) is 13.9. The maximum Gasteiger partial charge on any atom is 0.312 e. The van der Waals surface area contributed by atoms with Crippen molar-refractivity contribution in [2.45, 2.75) is 38.1 Å². The summed E-state index contributed by atoms with van der Waals surface area (Å²) in [6.45, 7) is -0.248. The Balaban J connectivity index is 1.52. The third-order valence-electron chi connectivity index (χ3n) is 4.59. The Morgan fingerprint density at radius 1 is 1.18 bits per heavy atom. The third-order valence-corrected chi connectivity index (χ3v) is 5.53. The van der Waals surface area contributed by atoms with Gasteiger partial charge in [0, 0.05) is 17.0 Å². The van der Waals surface area contributed by atoms with Gasteiger partial charge in [-0.15, -0.1) is 11.3 Å². The van der Waals surface area contributed by atoms with Crippen LogP contribution in [0.2, 0.25) is 0 Å². The van der Waals surface area contributed by atoms with Gasteiger partial charge in [-0.1, -0.05) is 12.8 Å². The second kappa shape index (κ2) is 9.54. The Kier molecular flexibility index (Phi) is 6.86. The number of ether oxygens (including phenoxy) is 3. The van der Waals surface area contributed by atoms with Gasteiger partial charge in [-0.05, 0) is 31.0 Å². The number of methoxy groups -OCH3 is 2. The first-order chi connectivity index (χ1) is 13.6. The molecule has 3 rings (SSSR count). The first-order valence-electron chi connectivity index (χ1n) is 9.21. The summed E-state index contributed by atoms with van der Waals surface area (Å²) in [5.41, 5.74) is 1.48. The standard InChI is InChI=1S/C20H24N2O5S/c1-25-16-8-7-13(9-17(16)26-2)20-22-15(12-28-20)10-19(24)27-11-18(23)21-14-5-3-4-6-14/h7-9,12,14H,3-6,10-11H2,1-2H3,(H,21,23). The molecule has 1 aromatic carbocycles. The predicted molar refractivity (Wildman–Crippen MR) is 106 cm³/mol. The van der Waals surface area contributed by atoms with Crippen LogP contribution in [0.15, 0.2) is 23.6 Å². The number of hydrogen-bond acceptors (Lipinski definition) is 7. The average molecular weight is 404 g/mol. The molecule has 0 aliphatic heterocycles. The van der Waals surface area contributed by atoms with E-state index >= 15 is 0 Å². The molecule has 1 aliphatic carbocycles. The number of carbonyl (C=O) groups is 2. The highest BCUT2D eigenvalue weighted by molar-refractivity contribution is 7.13. The van der Waals surface area contributed by atoms with Crippen LogP contribution in [0.5, 0.6) is 11.5 Å². The lowest BCUT2D eigenvalue weighted by atomic mass is 10.2. The van der Waals surface area contributed by atoms with Crippen LogP contribution in [-0.4, -0.2) is 43.7 Å². The van der Waals surface area contributed by atoms with Crippen LogP contribution in [0.4, 0.5) is 0 Å². The molecule has 1 fully saturated rings. The van der Waals surface area contributed by atoms with E-state index in [2.05, 4.69) is 10.3 Å². The first kappa shape index (κ1) is 20.1. The van der Waals surface area contributed by atoms with Gasteiger partial charge in [0.15, 0.2) is 18.1 Å². The highest BCUT2D eigenvalue weighted by atomic mass is 32.1. The molecule has 0 bridgehead atoms. The topological polar surface area (TPSA) is 86.8 Å². The van der Waals surface area contributed by atoms with Gasteiger partial charge in [-0.2, -0.15) is 0 Å². The maximum absolute atomic E-state index is 12.0. The highest BCUT2D eigenvalue weighted by Gasteiger charge is 2.18. The smallest absolute Gasteiger partial charge is 0.312 e. The molecule has 1 heterocycles. The summed E-state index contributed by atoms with van der Waals surface area (Å²) in [5, 5.41) is 5.47. The molecule has 0 atom stereocenters. The van der Waals surface area contributed by atoms with Gasteiger partial charge >= 0.3 is 5.97 Å². The van der Waals surface area contributed by atoms with Crippen molar-refractivity contribution in [2.24, 2.45) is 0 Å². The molecule has 0 spiro atoms. The molecule has 1 saturated carbocycles. The highest BCUT2D eigenvalue weighted by Crippen LogP contribution is 2.33. The SMILES string of the molecule is COc1ccc(-c2nc(CC(=O)OCC(=O)NC3CCCC3)cs2)cc1OC. The molecule has 1 aliphatic rings. The Bertz CT molecular complexity index is 830. The number of aromatic nitrogens is 1. The van der Waals surface area contributed by atoms with Gasteiger partial charge in [0.05, 0.1) is 26.3 Å². The number of amides is 1. The Labute approximate surface area is 168 Å². The summed E-state index contributed by atoms with van der Waals surface area (Å²) < 4.78 is 15.6. The van der Waals surface area contributed by atoms with Crippen molar-refractivity contribution in [1.82, 2.24) is 10.3 Å². The Morgan fingerprint density at radius 2 is 1.93 bits per heavy atom. The van der Waals surface area contributed by atoms with Crippen molar-refractivity contribution in [3.05, 3.63) is 29.3 Å². The zero-order chi connectivity index (χ0) is 19.9. The lowest BCUT2D eigenvalue weighted by Crippen LogP contribution is -2.36. The number of nitrogens with zero attached hydrogens (tertiary/aromatic N) is 1. The monoisotopic (exact) mass is 404 g/mol. The van der Waals surface area contributed by atoms with E-state index in [1.165, 1.54) is 11.3 Å². The molecule has 0 saturated heterocycles. The molecule has 28 heavy (non-hydrogen) atoms. The quantitative estimate of drug-likeness (QED) is 0.681. The van der Waals surface area contributed by atoms with Crippen LogP contribution in [-0.2, 0) is 20.7 Å². The van der Waals surface area contributed by atoms with E-state index in [1.807, 2.05) is 23.6 Å². The Morgan fingerprint density at radius 3 is 2.64 bits per heavy atom. The van der Waals surface area contributed by atoms with Gasteiger partial charge in [-0.25, -0.2) is 4.98 Å². The van der Waals surface area contributed by atoms with Crippen molar-refractivity contribution in [3.8, 4) is 22.1 Å². The number of nitrogens with one attached hydrogen (secondary N) is 1. The fraction of sp³-hybridized carbons (Fsp3) is 0.450.